The summed E-state index contributed by atoms with van der Waals surface area (Å²) in [5.41, 5.74) is 2.65. The van der Waals surface area contributed by atoms with Gasteiger partial charge in [0.25, 0.3) is 10.0 Å². The van der Waals surface area contributed by atoms with Gasteiger partial charge in [0.15, 0.2) is 0 Å². The molecule has 8 heteroatoms. The van der Waals surface area contributed by atoms with Crippen LogP contribution in [0.2, 0.25) is 0 Å². The van der Waals surface area contributed by atoms with Crippen molar-refractivity contribution < 1.29 is 18.0 Å². The van der Waals surface area contributed by atoms with Gasteiger partial charge in [0.2, 0.25) is 11.8 Å². The van der Waals surface area contributed by atoms with Crippen LogP contribution in [0.3, 0.4) is 0 Å². The van der Waals surface area contributed by atoms with Gasteiger partial charge in [-0.2, -0.15) is 0 Å². The van der Waals surface area contributed by atoms with Crippen LogP contribution < -0.4 is 9.62 Å². The number of carbonyl (C=O) groups is 2. The normalized spacial score (nSPS) is 12.5. The number of benzene rings is 3. The molecule has 2 amide bonds. The van der Waals surface area contributed by atoms with E-state index in [-0.39, 0.29) is 17.3 Å². The fourth-order valence-corrected chi connectivity index (χ4v) is 5.40. The Morgan fingerprint density at radius 1 is 0.868 bits per heavy atom. The van der Waals surface area contributed by atoms with Gasteiger partial charge in [0.05, 0.1) is 10.6 Å². The van der Waals surface area contributed by atoms with Gasteiger partial charge in [-0.05, 0) is 76.9 Å². The molecule has 3 aromatic rings. The molecule has 0 aliphatic rings. The summed E-state index contributed by atoms with van der Waals surface area (Å²) in [7, 11) is -4.07. The van der Waals surface area contributed by atoms with Crippen molar-refractivity contribution in [3.05, 3.63) is 95.6 Å². The summed E-state index contributed by atoms with van der Waals surface area (Å²) in [5.74, 6) is -0.795. The number of nitrogens with zero attached hydrogens (tertiary/aromatic N) is 2. The quantitative estimate of drug-likeness (QED) is 0.425. The summed E-state index contributed by atoms with van der Waals surface area (Å²) in [4.78, 5) is 28.6. The number of para-hydroxylation sites is 1. The number of hydrogen-bond acceptors (Lipinski definition) is 4. The number of rotatable bonds is 9. The monoisotopic (exact) mass is 535 g/mol. The first-order valence-corrected chi connectivity index (χ1v) is 14.0. The Labute approximate surface area is 226 Å². The second-order valence-electron chi connectivity index (χ2n) is 10.5. The van der Waals surface area contributed by atoms with Gasteiger partial charge in [-0.1, -0.05) is 60.2 Å². The Morgan fingerprint density at radius 3 is 2.03 bits per heavy atom. The summed E-state index contributed by atoms with van der Waals surface area (Å²) < 4.78 is 28.7. The number of hydrogen-bond donors (Lipinski definition) is 1. The third kappa shape index (κ3) is 7.22. The maximum absolute atomic E-state index is 13.9. The lowest BCUT2D eigenvalue weighted by atomic mass is 10.1. The van der Waals surface area contributed by atoms with E-state index in [2.05, 4.69) is 5.32 Å². The molecule has 0 aromatic heterocycles. The van der Waals surface area contributed by atoms with Crippen LogP contribution in [-0.4, -0.2) is 43.3 Å². The average molecular weight is 536 g/mol. The first-order chi connectivity index (χ1) is 17.8. The summed E-state index contributed by atoms with van der Waals surface area (Å²) in [6, 6.07) is 21.9. The highest BCUT2D eigenvalue weighted by atomic mass is 32.2. The van der Waals surface area contributed by atoms with Crippen molar-refractivity contribution in [2.45, 2.75) is 64.6 Å². The molecule has 7 nitrogen and oxygen atoms in total. The molecule has 0 spiro atoms. The zero-order valence-electron chi connectivity index (χ0n) is 22.9. The van der Waals surface area contributed by atoms with Gasteiger partial charge in [0.1, 0.15) is 12.6 Å². The zero-order valence-corrected chi connectivity index (χ0v) is 23.7. The van der Waals surface area contributed by atoms with Gasteiger partial charge in [-0.3, -0.25) is 13.9 Å². The van der Waals surface area contributed by atoms with Crippen molar-refractivity contribution in [1.29, 1.82) is 0 Å². The molecule has 202 valence electrons. The van der Waals surface area contributed by atoms with Gasteiger partial charge in [0, 0.05) is 12.1 Å². The molecule has 0 fully saturated rings. The summed E-state index contributed by atoms with van der Waals surface area (Å²) in [5, 5.41) is 2.94. The molecule has 0 saturated carbocycles. The van der Waals surface area contributed by atoms with Crippen LogP contribution in [0.15, 0.2) is 83.8 Å². The van der Waals surface area contributed by atoms with E-state index >= 15 is 0 Å². The van der Waals surface area contributed by atoms with E-state index in [9.17, 15) is 18.0 Å². The van der Waals surface area contributed by atoms with E-state index in [1.807, 2.05) is 58.9 Å². The number of sulfonamides is 1. The lowest BCUT2D eigenvalue weighted by Gasteiger charge is -2.33. The second-order valence-corrected chi connectivity index (χ2v) is 12.4. The molecule has 3 aromatic carbocycles. The summed E-state index contributed by atoms with van der Waals surface area (Å²) in [6.07, 6.45) is 0. The van der Waals surface area contributed by atoms with E-state index in [0.29, 0.717) is 5.69 Å². The van der Waals surface area contributed by atoms with Gasteiger partial charge in [-0.25, -0.2) is 8.42 Å². The molecule has 3 rings (SSSR count). The molecular formula is C30H37N3O4S. The van der Waals surface area contributed by atoms with E-state index in [4.69, 9.17) is 0 Å². The lowest BCUT2D eigenvalue weighted by Crippen LogP contribution is -2.54. The van der Waals surface area contributed by atoms with Crippen molar-refractivity contribution in [2.24, 2.45) is 0 Å². The third-order valence-electron chi connectivity index (χ3n) is 6.20. The Kier molecular flexibility index (Phi) is 8.99. The number of aryl methyl sites for hydroxylation is 2. The minimum atomic E-state index is -4.07. The summed E-state index contributed by atoms with van der Waals surface area (Å²) >= 11 is 0. The number of carbonyl (C=O) groups excluding carboxylic acids is 2. The fraction of sp³-hybridized carbons (Fsp3) is 0.333. The Balaban J connectivity index is 2.02. The number of nitrogens with one attached hydrogen (secondary N) is 1. The van der Waals surface area contributed by atoms with Crippen LogP contribution >= 0.6 is 0 Å². The molecule has 0 bridgehead atoms. The molecular weight excluding hydrogens is 498 g/mol. The standard InChI is InChI=1S/C30H37N3O4S/c1-22-16-18-27(19-17-22)38(36,37)33(26-14-8-7-9-15-26)21-28(34)32(20-25-13-11-10-12-23(25)2)24(3)29(35)31-30(4,5)6/h7-19,24H,20-21H2,1-6H3,(H,31,35)/t24-/m0/s1. The third-order valence-corrected chi connectivity index (χ3v) is 7.99. The first kappa shape index (κ1) is 28.9. The fourth-order valence-electron chi connectivity index (χ4n) is 3.99. The topological polar surface area (TPSA) is 86.8 Å². The van der Waals surface area contributed by atoms with Crippen molar-refractivity contribution >= 4 is 27.5 Å². The Bertz CT molecular complexity index is 1360. The molecule has 0 aliphatic heterocycles. The van der Waals surface area contributed by atoms with E-state index in [1.165, 1.54) is 17.0 Å². The SMILES string of the molecule is Cc1ccc(S(=O)(=O)N(CC(=O)N(Cc2ccccc2C)[C@@H](C)C(=O)NC(C)(C)C)c2ccccc2)cc1. The number of amides is 2. The molecule has 0 saturated heterocycles. The minimum Gasteiger partial charge on any atom is -0.350 e. The molecule has 1 N–H and O–H groups in total. The van der Waals surface area contributed by atoms with Crippen LogP contribution in [0.5, 0.6) is 0 Å². The first-order valence-electron chi connectivity index (χ1n) is 12.6. The second kappa shape index (κ2) is 11.8. The zero-order chi connectivity index (χ0) is 28.1. The highest BCUT2D eigenvalue weighted by Gasteiger charge is 2.33. The Hall–Kier alpha value is -3.65. The molecule has 0 unspecified atom stereocenters. The molecule has 1 atom stereocenters. The van der Waals surface area contributed by atoms with Gasteiger partial charge >= 0.3 is 0 Å². The van der Waals surface area contributed by atoms with Crippen LogP contribution in [0, 0.1) is 13.8 Å². The van der Waals surface area contributed by atoms with Crippen LogP contribution in [0.25, 0.3) is 0 Å². The smallest absolute Gasteiger partial charge is 0.264 e. The Morgan fingerprint density at radius 2 is 1.45 bits per heavy atom. The largest absolute Gasteiger partial charge is 0.350 e. The predicted molar refractivity (Wildman–Crippen MR) is 151 cm³/mol. The van der Waals surface area contributed by atoms with E-state index in [1.54, 1.807) is 49.4 Å². The van der Waals surface area contributed by atoms with Gasteiger partial charge < -0.3 is 10.2 Å². The molecule has 0 radical (unpaired) electrons. The van der Waals surface area contributed by atoms with Crippen LogP contribution in [0.1, 0.15) is 44.4 Å². The highest BCUT2D eigenvalue weighted by Crippen LogP contribution is 2.25. The average Bonchev–Trinajstić information content (AvgIpc) is 2.86. The maximum atomic E-state index is 13.9. The highest BCUT2D eigenvalue weighted by molar-refractivity contribution is 7.92. The molecule has 38 heavy (non-hydrogen) atoms. The van der Waals surface area contributed by atoms with Crippen LogP contribution in [-0.2, 0) is 26.2 Å². The van der Waals surface area contributed by atoms with Crippen molar-refractivity contribution in [2.75, 3.05) is 10.8 Å². The van der Waals surface area contributed by atoms with Gasteiger partial charge in [-0.15, -0.1) is 0 Å². The maximum Gasteiger partial charge on any atom is 0.264 e. The molecule has 0 aliphatic carbocycles. The summed E-state index contributed by atoms with van der Waals surface area (Å²) in [6.45, 7) is 10.8. The van der Waals surface area contributed by atoms with E-state index < -0.39 is 34.1 Å². The van der Waals surface area contributed by atoms with Crippen molar-refractivity contribution in [3.63, 3.8) is 0 Å². The lowest BCUT2D eigenvalue weighted by molar-refractivity contribution is -0.140. The number of anilines is 1. The minimum absolute atomic E-state index is 0.0868. The van der Waals surface area contributed by atoms with Crippen LogP contribution in [0.4, 0.5) is 5.69 Å². The van der Waals surface area contributed by atoms with Crippen molar-refractivity contribution in [1.82, 2.24) is 10.2 Å². The van der Waals surface area contributed by atoms with E-state index in [0.717, 1.165) is 21.0 Å². The predicted octanol–water partition coefficient (Wildman–Crippen LogP) is 4.83. The van der Waals surface area contributed by atoms with Crippen molar-refractivity contribution in [3.8, 4) is 0 Å². The molecule has 0 heterocycles.